The zero-order valence-electron chi connectivity index (χ0n) is 15.3. The van der Waals surface area contributed by atoms with Crippen molar-refractivity contribution in [3.63, 3.8) is 0 Å². The van der Waals surface area contributed by atoms with Gasteiger partial charge in [-0.3, -0.25) is 9.20 Å². The van der Waals surface area contributed by atoms with Crippen LogP contribution in [0.4, 0.5) is 0 Å². The van der Waals surface area contributed by atoms with Gasteiger partial charge in [-0.2, -0.15) is 0 Å². The van der Waals surface area contributed by atoms with Crippen molar-refractivity contribution in [2.75, 3.05) is 20.4 Å². The van der Waals surface area contributed by atoms with Crippen LogP contribution in [-0.4, -0.2) is 56.8 Å². The molecule has 0 aliphatic rings. The molecule has 0 saturated carbocycles. The molecular weight excluding hydrogens is 424 g/mol. The minimum atomic E-state index is -3.63. The Hall–Kier alpha value is -2.28. The average Bonchev–Trinajstić information content (AvgIpc) is 3.24. The number of aromatic nitrogens is 2. The summed E-state index contributed by atoms with van der Waals surface area (Å²) in [5.41, 5.74) is 0.348. The number of nitrogens with one attached hydrogen (secondary N) is 1. The van der Waals surface area contributed by atoms with Gasteiger partial charge in [0.15, 0.2) is 5.69 Å². The van der Waals surface area contributed by atoms with Crippen LogP contribution in [-0.2, 0) is 26.4 Å². The Morgan fingerprint density at radius 1 is 1.18 bits per heavy atom. The Bertz CT molecular complexity index is 1260. The van der Waals surface area contributed by atoms with E-state index in [1.54, 1.807) is 24.3 Å². The molecule has 3 aromatic heterocycles. The van der Waals surface area contributed by atoms with Crippen LogP contribution in [0.5, 0.6) is 0 Å². The molecule has 0 spiro atoms. The lowest BCUT2D eigenvalue weighted by atomic mass is 10.3. The fraction of sp³-hybridized carbons (Fsp3) is 0.250. The second-order valence-corrected chi connectivity index (χ2v) is 11.6. The first-order chi connectivity index (χ1) is 13.0. The predicted molar refractivity (Wildman–Crippen MR) is 105 cm³/mol. The number of sulfone groups is 1. The number of hydrogen-bond donors (Lipinski definition) is 1. The van der Waals surface area contributed by atoms with E-state index in [4.69, 9.17) is 0 Å². The summed E-state index contributed by atoms with van der Waals surface area (Å²) >= 11 is 1.05. The summed E-state index contributed by atoms with van der Waals surface area (Å²) in [7, 11) is -4.27. The van der Waals surface area contributed by atoms with E-state index >= 15 is 0 Å². The molecule has 0 fully saturated rings. The maximum absolute atomic E-state index is 12.6. The molecular formula is C16H18N4O5S3. The van der Waals surface area contributed by atoms with Gasteiger partial charge in [-0.1, -0.05) is 6.07 Å². The van der Waals surface area contributed by atoms with E-state index in [0.29, 0.717) is 10.4 Å². The van der Waals surface area contributed by atoms with Crippen molar-refractivity contribution >= 4 is 42.6 Å². The fourth-order valence-electron chi connectivity index (χ4n) is 2.46. The smallest absolute Gasteiger partial charge is 0.272 e. The second-order valence-electron chi connectivity index (χ2n) is 6.16. The highest BCUT2D eigenvalue weighted by Gasteiger charge is 2.23. The van der Waals surface area contributed by atoms with Crippen LogP contribution in [0, 0.1) is 0 Å². The minimum absolute atomic E-state index is 0.0151. The van der Waals surface area contributed by atoms with Gasteiger partial charge >= 0.3 is 0 Å². The molecule has 3 heterocycles. The van der Waals surface area contributed by atoms with Gasteiger partial charge in [0.05, 0.1) is 12.1 Å². The number of amides is 1. The molecule has 0 aliphatic heterocycles. The Balaban J connectivity index is 1.85. The van der Waals surface area contributed by atoms with E-state index in [-0.39, 0.29) is 21.6 Å². The van der Waals surface area contributed by atoms with Crippen LogP contribution in [0.3, 0.4) is 0 Å². The molecule has 0 aromatic carbocycles. The highest BCUT2D eigenvalue weighted by atomic mass is 32.2. The van der Waals surface area contributed by atoms with Crippen LogP contribution >= 0.6 is 11.3 Å². The summed E-state index contributed by atoms with van der Waals surface area (Å²) in [4.78, 5) is 17.2. The third-order valence-corrected chi connectivity index (χ3v) is 8.18. The van der Waals surface area contributed by atoms with Crippen molar-refractivity contribution in [1.82, 2.24) is 19.0 Å². The van der Waals surface area contributed by atoms with Crippen LogP contribution in [0.1, 0.15) is 15.4 Å². The molecule has 0 atom stereocenters. The molecule has 1 N–H and O–H groups in total. The highest BCUT2D eigenvalue weighted by Crippen LogP contribution is 2.24. The van der Waals surface area contributed by atoms with Gasteiger partial charge in [0.2, 0.25) is 15.0 Å². The lowest BCUT2D eigenvalue weighted by Gasteiger charge is -2.08. The third-order valence-electron chi connectivity index (χ3n) is 3.86. The van der Waals surface area contributed by atoms with Crippen LogP contribution in [0.25, 0.3) is 5.52 Å². The number of carbonyl (C=O) groups is 1. The van der Waals surface area contributed by atoms with E-state index < -0.39 is 25.8 Å². The summed E-state index contributed by atoms with van der Waals surface area (Å²) in [6.45, 7) is 0.0898. The number of carbonyl (C=O) groups excluding carboxylic acids is 1. The maximum Gasteiger partial charge on any atom is 0.272 e. The van der Waals surface area contributed by atoms with Gasteiger partial charge in [-0.25, -0.2) is 26.1 Å². The molecule has 150 valence electrons. The van der Waals surface area contributed by atoms with Crippen LogP contribution in [0.2, 0.25) is 0 Å². The molecule has 0 saturated heterocycles. The van der Waals surface area contributed by atoms with E-state index in [1.807, 2.05) is 0 Å². The average molecular weight is 443 g/mol. The Morgan fingerprint density at radius 2 is 1.89 bits per heavy atom. The lowest BCUT2D eigenvalue weighted by Crippen LogP contribution is -2.23. The largest absolute Gasteiger partial charge is 0.346 e. The van der Waals surface area contributed by atoms with Gasteiger partial charge < -0.3 is 5.32 Å². The molecule has 12 heteroatoms. The monoisotopic (exact) mass is 442 g/mol. The van der Waals surface area contributed by atoms with Gasteiger partial charge in [0.1, 0.15) is 4.21 Å². The zero-order chi connectivity index (χ0) is 20.7. The number of thiophene rings is 1. The Kier molecular flexibility index (Phi) is 5.32. The number of hydrogen-bond acceptors (Lipinski definition) is 7. The van der Waals surface area contributed by atoms with Crippen LogP contribution in [0.15, 0.2) is 45.9 Å². The predicted octanol–water partition coefficient (Wildman–Crippen LogP) is 0.980. The molecule has 0 unspecified atom stereocenters. The second kappa shape index (κ2) is 7.28. The lowest BCUT2D eigenvalue weighted by molar-refractivity contribution is 0.0948. The van der Waals surface area contributed by atoms with E-state index in [2.05, 4.69) is 10.3 Å². The summed E-state index contributed by atoms with van der Waals surface area (Å²) in [5.74, 6) is -0.552. The Morgan fingerprint density at radius 3 is 2.54 bits per heavy atom. The fourth-order valence-corrected chi connectivity index (χ4v) is 5.70. The summed E-state index contributed by atoms with van der Waals surface area (Å²) in [6.07, 6.45) is 2.54. The number of imidazole rings is 1. The topological polar surface area (TPSA) is 118 Å². The van der Waals surface area contributed by atoms with Crippen molar-refractivity contribution in [2.45, 2.75) is 15.9 Å². The Labute approximate surface area is 166 Å². The molecule has 28 heavy (non-hydrogen) atoms. The quantitative estimate of drug-likeness (QED) is 0.608. The highest BCUT2D eigenvalue weighted by molar-refractivity contribution is 7.91. The first-order valence-corrected chi connectivity index (χ1v) is 12.1. The standard InChI is InChI=1S/C16H18N4O5S3/c1-19(2)28(24,25)13-8-7-11(26-13)10-17-15(21)14-12-6-4-5-9-20(12)16(18-14)27(3,22)23/h4-9H,10H2,1-3H3,(H,17,21). The van der Waals surface area contributed by atoms with Crippen molar-refractivity contribution in [2.24, 2.45) is 0 Å². The van der Waals surface area contributed by atoms with E-state index in [9.17, 15) is 21.6 Å². The van der Waals surface area contributed by atoms with E-state index in [0.717, 1.165) is 21.9 Å². The number of nitrogens with zero attached hydrogens (tertiary/aromatic N) is 3. The maximum atomic E-state index is 12.6. The number of rotatable bonds is 6. The summed E-state index contributed by atoms with van der Waals surface area (Å²) in [5, 5.41) is 2.44. The molecule has 0 radical (unpaired) electrons. The van der Waals surface area contributed by atoms with Gasteiger partial charge in [-0.05, 0) is 24.3 Å². The molecule has 3 rings (SSSR count). The molecule has 3 aromatic rings. The minimum Gasteiger partial charge on any atom is -0.346 e. The zero-order valence-corrected chi connectivity index (χ0v) is 17.7. The number of sulfonamides is 1. The normalized spacial score (nSPS) is 12.6. The van der Waals surface area contributed by atoms with Crippen molar-refractivity contribution < 1.29 is 21.6 Å². The van der Waals surface area contributed by atoms with Crippen LogP contribution < -0.4 is 5.32 Å². The van der Waals surface area contributed by atoms with Gasteiger partial charge in [0.25, 0.3) is 15.9 Å². The SMILES string of the molecule is CN(C)S(=O)(=O)c1ccc(CNC(=O)c2nc(S(C)(=O)=O)n3ccccc23)s1. The molecule has 9 nitrogen and oxygen atoms in total. The van der Waals surface area contributed by atoms with Crippen molar-refractivity contribution in [3.8, 4) is 0 Å². The van der Waals surface area contributed by atoms with Crippen molar-refractivity contribution in [3.05, 3.63) is 47.1 Å². The summed E-state index contributed by atoms with van der Waals surface area (Å²) < 4.78 is 50.8. The van der Waals surface area contributed by atoms with Gasteiger partial charge in [-0.15, -0.1) is 11.3 Å². The van der Waals surface area contributed by atoms with Crippen molar-refractivity contribution in [1.29, 1.82) is 0 Å². The first-order valence-electron chi connectivity index (χ1n) is 7.98. The first kappa shape index (κ1) is 20.5. The molecule has 0 bridgehead atoms. The number of pyridine rings is 1. The number of fused-ring (bicyclic) bond motifs is 1. The third kappa shape index (κ3) is 3.81. The molecule has 1 amide bonds. The molecule has 0 aliphatic carbocycles. The van der Waals surface area contributed by atoms with Gasteiger partial charge in [0, 0.05) is 31.4 Å². The summed E-state index contributed by atoms with van der Waals surface area (Å²) in [6, 6.07) is 8.02. The van der Waals surface area contributed by atoms with E-state index in [1.165, 1.54) is 30.8 Å².